The van der Waals surface area contributed by atoms with Crippen molar-refractivity contribution in [3.8, 4) is 0 Å². The highest BCUT2D eigenvalue weighted by atomic mass is 16.6. The maximum atomic E-state index is 12.1. The van der Waals surface area contributed by atoms with Crippen LogP contribution in [0.4, 0.5) is 5.69 Å². The van der Waals surface area contributed by atoms with Crippen LogP contribution in [0.5, 0.6) is 0 Å². The number of aromatic nitrogens is 2. The summed E-state index contributed by atoms with van der Waals surface area (Å²) >= 11 is 0. The molecule has 7 heteroatoms. The van der Waals surface area contributed by atoms with Gasteiger partial charge in [0.15, 0.2) is 0 Å². The topological polar surface area (TPSA) is 90.1 Å². The van der Waals surface area contributed by atoms with Gasteiger partial charge in [0.25, 0.3) is 0 Å². The third-order valence-electron chi connectivity index (χ3n) is 4.23. The number of hydrogen-bond donors (Lipinski definition) is 1. The zero-order chi connectivity index (χ0) is 14.8. The molecule has 1 heterocycles. The van der Waals surface area contributed by atoms with Crippen LogP contribution in [-0.2, 0) is 11.3 Å². The van der Waals surface area contributed by atoms with Gasteiger partial charge >= 0.3 is 5.69 Å². The number of hydrogen-bond acceptors (Lipinski definition) is 4. The minimum atomic E-state index is -0.522. The molecule has 7 nitrogen and oxygen atoms in total. The van der Waals surface area contributed by atoms with Crippen LogP contribution in [0.25, 0.3) is 0 Å². The fraction of sp³-hybridized carbons (Fsp3) is 0.692. The van der Waals surface area contributed by atoms with E-state index in [0.717, 1.165) is 25.5 Å². The van der Waals surface area contributed by atoms with E-state index in [9.17, 15) is 14.9 Å². The van der Waals surface area contributed by atoms with Gasteiger partial charge in [0, 0.05) is 5.54 Å². The zero-order valence-electron chi connectivity index (χ0n) is 11.8. The molecule has 1 saturated carbocycles. The molecule has 0 bridgehead atoms. The van der Waals surface area contributed by atoms with Crippen molar-refractivity contribution in [2.45, 2.75) is 51.6 Å². The third-order valence-corrected chi connectivity index (χ3v) is 4.23. The first-order valence-corrected chi connectivity index (χ1v) is 6.88. The highest BCUT2D eigenvalue weighted by molar-refractivity contribution is 5.76. The summed E-state index contributed by atoms with van der Waals surface area (Å²) in [6.07, 6.45) is 6.83. The van der Waals surface area contributed by atoms with Crippen LogP contribution in [0.15, 0.2) is 12.4 Å². The van der Waals surface area contributed by atoms with Crippen LogP contribution in [0, 0.1) is 16.0 Å². The van der Waals surface area contributed by atoms with E-state index in [4.69, 9.17) is 0 Å². The predicted octanol–water partition coefficient (Wildman–Crippen LogP) is 1.88. The van der Waals surface area contributed by atoms with E-state index >= 15 is 0 Å². The Morgan fingerprint density at radius 2 is 2.40 bits per heavy atom. The SMILES string of the molecule is C[C@H]1CCCC[C@]1(C)NC(=O)Cn1cc([N+](=O)[O-])cn1. The lowest BCUT2D eigenvalue weighted by molar-refractivity contribution is -0.385. The summed E-state index contributed by atoms with van der Waals surface area (Å²) in [5.74, 6) is 0.284. The largest absolute Gasteiger partial charge is 0.349 e. The van der Waals surface area contributed by atoms with Crippen molar-refractivity contribution in [3.05, 3.63) is 22.5 Å². The Bertz CT molecular complexity index is 513. The summed E-state index contributed by atoms with van der Waals surface area (Å²) in [5, 5.41) is 17.5. The highest BCUT2D eigenvalue weighted by Gasteiger charge is 2.34. The van der Waals surface area contributed by atoms with Crippen molar-refractivity contribution in [1.82, 2.24) is 15.1 Å². The van der Waals surface area contributed by atoms with E-state index in [1.165, 1.54) is 17.3 Å². The number of nitro groups is 1. The number of rotatable bonds is 4. The average Bonchev–Trinajstić information content (AvgIpc) is 2.81. The Morgan fingerprint density at radius 3 is 3.00 bits per heavy atom. The smallest absolute Gasteiger partial charge is 0.307 e. The van der Waals surface area contributed by atoms with Crippen molar-refractivity contribution < 1.29 is 9.72 Å². The Labute approximate surface area is 117 Å². The number of nitrogens with zero attached hydrogens (tertiary/aromatic N) is 3. The van der Waals surface area contributed by atoms with Gasteiger partial charge in [-0.2, -0.15) is 5.10 Å². The van der Waals surface area contributed by atoms with Crippen LogP contribution in [-0.4, -0.2) is 26.1 Å². The molecule has 0 saturated heterocycles. The molecule has 0 radical (unpaired) electrons. The molecule has 1 aliphatic carbocycles. The Morgan fingerprint density at radius 1 is 1.65 bits per heavy atom. The van der Waals surface area contributed by atoms with Crippen molar-refractivity contribution >= 4 is 11.6 Å². The molecule has 1 aromatic heterocycles. The Kier molecular flexibility index (Phi) is 4.06. The predicted molar refractivity (Wildman–Crippen MR) is 73.1 cm³/mol. The maximum Gasteiger partial charge on any atom is 0.307 e. The van der Waals surface area contributed by atoms with E-state index in [-0.39, 0.29) is 23.7 Å². The molecular formula is C13H20N4O3. The van der Waals surface area contributed by atoms with Crippen LogP contribution in [0.1, 0.15) is 39.5 Å². The van der Waals surface area contributed by atoms with E-state index in [2.05, 4.69) is 24.3 Å². The fourth-order valence-electron chi connectivity index (χ4n) is 2.73. The normalized spacial score (nSPS) is 26.2. The summed E-state index contributed by atoms with van der Waals surface area (Å²) in [5.41, 5.74) is -0.288. The highest BCUT2D eigenvalue weighted by Crippen LogP contribution is 2.33. The van der Waals surface area contributed by atoms with Crippen LogP contribution < -0.4 is 5.32 Å². The Balaban J connectivity index is 1.96. The second kappa shape index (κ2) is 5.60. The molecule has 0 aromatic carbocycles. The van der Waals surface area contributed by atoms with Gasteiger partial charge in [0.2, 0.25) is 5.91 Å². The van der Waals surface area contributed by atoms with Crippen molar-refractivity contribution in [1.29, 1.82) is 0 Å². The molecule has 20 heavy (non-hydrogen) atoms. The first-order chi connectivity index (χ1) is 9.40. The molecule has 1 amide bonds. The second-order valence-electron chi connectivity index (χ2n) is 5.77. The van der Waals surface area contributed by atoms with Gasteiger partial charge in [-0.1, -0.05) is 19.8 Å². The molecule has 0 spiro atoms. The fourth-order valence-corrected chi connectivity index (χ4v) is 2.73. The van der Waals surface area contributed by atoms with Gasteiger partial charge in [-0.05, 0) is 25.7 Å². The number of amides is 1. The lowest BCUT2D eigenvalue weighted by Crippen LogP contribution is -2.53. The minimum Gasteiger partial charge on any atom is -0.349 e. The molecule has 2 atom stereocenters. The van der Waals surface area contributed by atoms with E-state index in [0.29, 0.717) is 5.92 Å². The molecule has 1 aliphatic rings. The third kappa shape index (κ3) is 3.15. The second-order valence-corrected chi connectivity index (χ2v) is 5.77. The molecular weight excluding hydrogens is 260 g/mol. The lowest BCUT2D eigenvalue weighted by atomic mass is 9.75. The van der Waals surface area contributed by atoms with Gasteiger partial charge < -0.3 is 5.32 Å². The summed E-state index contributed by atoms with van der Waals surface area (Å²) in [4.78, 5) is 22.1. The summed E-state index contributed by atoms with van der Waals surface area (Å²) in [7, 11) is 0. The van der Waals surface area contributed by atoms with Gasteiger partial charge in [0.05, 0.1) is 4.92 Å². The number of carbonyl (C=O) groups is 1. The minimum absolute atomic E-state index is 0.0101. The quantitative estimate of drug-likeness (QED) is 0.673. The van der Waals surface area contributed by atoms with Crippen molar-refractivity contribution in [3.63, 3.8) is 0 Å². The van der Waals surface area contributed by atoms with Gasteiger partial charge in [0.1, 0.15) is 18.9 Å². The molecule has 110 valence electrons. The van der Waals surface area contributed by atoms with E-state index < -0.39 is 4.92 Å². The van der Waals surface area contributed by atoms with Crippen molar-refractivity contribution in [2.24, 2.45) is 5.92 Å². The monoisotopic (exact) mass is 280 g/mol. The standard InChI is InChI=1S/C13H20N4O3/c1-10-5-3-4-6-13(10,2)15-12(18)9-16-8-11(7-14-16)17(19)20/h7-8,10H,3-6,9H2,1-2H3,(H,15,18)/t10-,13-/m0/s1. The van der Waals surface area contributed by atoms with Crippen molar-refractivity contribution in [2.75, 3.05) is 0 Å². The number of carbonyl (C=O) groups excluding carboxylic acids is 1. The maximum absolute atomic E-state index is 12.1. The van der Waals surface area contributed by atoms with Gasteiger partial charge in [-0.15, -0.1) is 0 Å². The van der Waals surface area contributed by atoms with Crippen LogP contribution >= 0.6 is 0 Å². The summed E-state index contributed by atoms with van der Waals surface area (Å²) < 4.78 is 1.30. The molecule has 0 unspecified atom stereocenters. The molecule has 2 rings (SSSR count). The van der Waals surface area contributed by atoms with Crippen LogP contribution in [0.2, 0.25) is 0 Å². The van der Waals surface area contributed by atoms with E-state index in [1.54, 1.807) is 0 Å². The molecule has 0 aliphatic heterocycles. The average molecular weight is 280 g/mol. The molecule has 1 N–H and O–H groups in total. The first kappa shape index (κ1) is 14.5. The molecule has 1 fully saturated rings. The summed E-state index contributed by atoms with van der Waals surface area (Å²) in [6, 6.07) is 0. The van der Waals surface area contributed by atoms with E-state index in [1.807, 2.05) is 0 Å². The summed E-state index contributed by atoms with van der Waals surface area (Å²) in [6.45, 7) is 4.23. The molecule has 1 aromatic rings. The van der Waals surface area contributed by atoms with Gasteiger partial charge in [-0.25, -0.2) is 0 Å². The first-order valence-electron chi connectivity index (χ1n) is 6.88. The number of nitrogens with one attached hydrogen (secondary N) is 1. The zero-order valence-corrected chi connectivity index (χ0v) is 11.8. The lowest BCUT2D eigenvalue weighted by Gasteiger charge is -2.40. The Hall–Kier alpha value is -1.92. The van der Waals surface area contributed by atoms with Crippen LogP contribution in [0.3, 0.4) is 0 Å². The van der Waals surface area contributed by atoms with Gasteiger partial charge in [-0.3, -0.25) is 19.6 Å².